The van der Waals surface area contributed by atoms with Crippen molar-refractivity contribution in [3.63, 3.8) is 0 Å². The van der Waals surface area contributed by atoms with E-state index >= 15 is 0 Å². The first-order valence-corrected chi connectivity index (χ1v) is 3.66. The van der Waals surface area contributed by atoms with Gasteiger partial charge in [-0.1, -0.05) is 25.7 Å². The van der Waals surface area contributed by atoms with Crippen LogP contribution in [0.4, 0.5) is 0 Å². The molecule has 0 fully saturated rings. The van der Waals surface area contributed by atoms with Gasteiger partial charge in [0.1, 0.15) is 6.61 Å². The van der Waals surface area contributed by atoms with Crippen molar-refractivity contribution in [1.29, 1.82) is 0 Å². The minimum atomic E-state index is -0.328. The Hall–Kier alpha value is -1.05. The Bertz CT molecular complexity index is 168. The van der Waals surface area contributed by atoms with E-state index in [0.29, 0.717) is 12.2 Å². The van der Waals surface area contributed by atoms with Crippen molar-refractivity contribution in [2.24, 2.45) is 0 Å². The fraction of sp³-hybridized carbons (Fsp3) is 0.444. The van der Waals surface area contributed by atoms with Crippen LogP contribution in [0.25, 0.3) is 0 Å². The Morgan fingerprint density at radius 3 is 2.64 bits per heavy atom. The number of carbonyl (C=O) groups is 1. The molecule has 0 radical (unpaired) electrons. The van der Waals surface area contributed by atoms with E-state index in [0.717, 1.165) is 6.42 Å². The van der Waals surface area contributed by atoms with Crippen LogP contribution in [0.5, 0.6) is 0 Å². The molecular formula is C9H14O2. The molecule has 0 heterocycles. The fourth-order valence-corrected chi connectivity index (χ4v) is 0.482. The van der Waals surface area contributed by atoms with Crippen LogP contribution in [0.3, 0.4) is 0 Å². The average Bonchev–Trinajstić information content (AvgIpc) is 1.97. The second kappa shape index (κ2) is 5.71. The first kappa shape index (κ1) is 9.95. The first-order valence-electron chi connectivity index (χ1n) is 3.66. The van der Waals surface area contributed by atoms with E-state index in [4.69, 9.17) is 4.74 Å². The molecule has 0 rings (SSSR count). The van der Waals surface area contributed by atoms with Crippen LogP contribution in [0.1, 0.15) is 20.3 Å². The van der Waals surface area contributed by atoms with Gasteiger partial charge in [-0.05, 0) is 13.3 Å². The highest BCUT2D eigenvalue weighted by Crippen LogP contribution is 1.91. The van der Waals surface area contributed by atoms with E-state index in [1.807, 2.05) is 19.1 Å². The zero-order chi connectivity index (χ0) is 8.69. The highest BCUT2D eigenvalue weighted by molar-refractivity contribution is 5.86. The largest absolute Gasteiger partial charge is 0.458 e. The van der Waals surface area contributed by atoms with Crippen molar-refractivity contribution in [3.8, 4) is 0 Å². The Morgan fingerprint density at radius 1 is 1.55 bits per heavy atom. The Labute approximate surface area is 67.6 Å². The molecule has 0 aromatic heterocycles. The molecule has 0 unspecified atom stereocenters. The molecule has 0 aliphatic carbocycles. The van der Waals surface area contributed by atoms with Crippen LogP contribution in [0.2, 0.25) is 0 Å². The van der Waals surface area contributed by atoms with E-state index in [1.54, 1.807) is 6.92 Å². The second-order valence-corrected chi connectivity index (χ2v) is 2.26. The van der Waals surface area contributed by atoms with Crippen molar-refractivity contribution in [3.05, 3.63) is 24.3 Å². The predicted octanol–water partition coefficient (Wildman–Crippen LogP) is 2.07. The van der Waals surface area contributed by atoms with Crippen LogP contribution in [0.15, 0.2) is 24.3 Å². The molecule has 0 aromatic carbocycles. The van der Waals surface area contributed by atoms with Crippen molar-refractivity contribution in [2.45, 2.75) is 20.3 Å². The molecule has 2 heteroatoms. The third-order valence-electron chi connectivity index (χ3n) is 1.06. The number of rotatable bonds is 4. The summed E-state index contributed by atoms with van der Waals surface area (Å²) in [4.78, 5) is 10.8. The molecule has 0 saturated heterocycles. The van der Waals surface area contributed by atoms with E-state index in [1.165, 1.54) is 0 Å². The molecule has 11 heavy (non-hydrogen) atoms. The third-order valence-corrected chi connectivity index (χ3v) is 1.06. The molecule has 2 nitrogen and oxygen atoms in total. The zero-order valence-corrected chi connectivity index (χ0v) is 7.09. The number of esters is 1. The Balaban J connectivity index is 3.47. The Kier molecular flexibility index (Phi) is 5.17. The average molecular weight is 154 g/mol. The topological polar surface area (TPSA) is 26.3 Å². The molecule has 0 N–H and O–H groups in total. The van der Waals surface area contributed by atoms with Gasteiger partial charge < -0.3 is 4.74 Å². The molecule has 0 aliphatic rings. The molecule has 0 aromatic rings. The molecule has 0 bridgehead atoms. The van der Waals surface area contributed by atoms with Gasteiger partial charge in [-0.15, -0.1) is 0 Å². The molecular weight excluding hydrogens is 140 g/mol. The summed E-state index contributed by atoms with van der Waals surface area (Å²) in [5, 5.41) is 0. The lowest BCUT2D eigenvalue weighted by Gasteiger charge is -1.98. The van der Waals surface area contributed by atoms with Gasteiger partial charge >= 0.3 is 5.97 Å². The van der Waals surface area contributed by atoms with Gasteiger partial charge in [0.2, 0.25) is 0 Å². The van der Waals surface area contributed by atoms with Crippen molar-refractivity contribution >= 4 is 5.97 Å². The number of ether oxygens (including phenoxy) is 1. The minimum Gasteiger partial charge on any atom is -0.458 e. The summed E-state index contributed by atoms with van der Waals surface area (Å²) in [5.74, 6) is -0.328. The van der Waals surface area contributed by atoms with Gasteiger partial charge in [0.15, 0.2) is 0 Å². The normalized spacial score (nSPS) is 10.0. The zero-order valence-electron chi connectivity index (χ0n) is 7.09. The number of carbonyl (C=O) groups excluding carboxylic acids is 1. The van der Waals surface area contributed by atoms with Crippen LogP contribution < -0.4 is 0 Å². The summed E-state index contributed by atoms with van der Waals surface area (Å²) in [5.41, 5.74) is 0.440. The van der Waals surface area contributed by atoms with E-state index < -0.39 is 0 Å². The highest BCUT2D eigenvalue weighted by atomic mass is 16.5. The lowest BCUT2D eigenvalue weighted by molar-refractivity contribution is -0.137. The SMILES string of the molecule is C=C(C)C(=O)OC/C=C/CC. The molecule has 0 amide bonds. The van der Waals surface area contributed by atoms with Gasteiger partial charge in [-0.3, -0.25) is 0 Å². The molecule has 0 atom stereocenters. The maximum Gasteiger partial charge on any atom is 0.333 e. The van der Waals surface area contributed by atoms with Crippen LogP contribution in [-0.4, -0.2) is 12.6 Å². The van der Waals surface area contributed by atoms with Crippen LogP contribution in [0, 0.1) is 0 Å². The highest BCUT2D eigenvalue weighted by Gasteiger charge is 1.99. The molecule has 0 spiro atoms. The second-order valence-electron chi connectivity index (χ2n) is 2.26. The third kappa shape index (κ3) is 5.40. The van der Waals surface area contributed by atoms with E-state index in [2.05, 4.69) is 6.58 Å². The van der Waals surface area contributed by atoms with E-state index in [-0.39, 0.29) is 5.97 Å². The lowest BCUT2D eigenvalue weighted by atomic mass is 10.4. The first-order chi connectivity index (χ1) is 5.18. The standard InChI is InChI=1S/C9H14O2/c1-4-5-6-7-11-9(10)8(2)3/h5-6H,2,4,7H2,1,3H3/b6-5+. The number of hydrogen-bond acceptors (Lipinski definition) is 2. The maximum atomic E-state index is 10.8. The number of allylic oxidation sites excluding steroid dienone is 1. The van der Waals surface area contributed by atoms with Gasteiger partial charge in [0.05, 0.1) is 0 Å². The van der Waals surface area contributed by atoms with Crippen LogP contribution in [-0.2, 0) is 9.53 Å². The van der Waals surface area contributed by atoms with Gasteiger partial charge in [-0.25, -0.2) is 4.79 Å². The summed E-state index contributed by atoms with van der Waals surface area (Å²) in [6.45, 7) is 7.46. The lowest BCUT2D eigenvalue weighted by Crippen LogP contribution is -2.04. The summed E-state index contributed by atoms with van der Waals surface area (Å²) < 4.78 is 4.78. The van der Waals surface area contributed by atoms with Crippen LogP contribution >= 0.6 is 0 Å². The van der Waals surface area contributed by atoms with E-state index in [9.17, 15) is 4.79 Å². The monoisotopic (exact) mass is 154 g/mol. The summed E-state index contributed by atoms with van der Waals surface area (Å²) in [6, 6.07) is 0. The quantitative estimate of drug-likeness (QED) is 0.352. The van der Waals surface area contributed by atoms with Crippen molar-refractivity contribution in [1.82, 2.24) is 0 Å². The fourth-order valence-electron chi connectivity index (χ4n) is 0.482. The van der Waals surface area contributed by atoms with Crippen molar-refractivity contribution < 1.29 is 9.53 Å². The summed E-state index contributed by atoms with van der Waals surface area (Å²) in [7, 11) is 0. The number of hydrogen-bond donors (Lipinski definition) is 0. The Morgan fingerprint density at radius 2 is 2.18 bits per heavy atom. The minimum absolute atomic E-state index is 0.328. The molecule has 0 aliphatic heterocycles. The summed E-state index contributed by atoms with van der Waals surface area (Å²) >= 11 is 0. The predicted molar refractivity (Wildman–Crippen MR) is 45.2 cm³/mol. The smallest absolute Gasteiger partial charge is 0.333 e. The molecule has 62 valence electrons. The van der Waals surface area contributed by atoms with Gasteiger partial charge in [0.25, 0.3) is 0 Å². The summed E-state index contributed by atoms with van der Waals surface area (Å²) in [6.07, 6.45) is 4.73. The van der Waals surface area contributed by atoms with Gasteiger partial charge in [0, 0.05) is 5.57 Å². The molecule has 0 saturated carbocycles. The van der Waals surface area contributed by atoms with Crippen molar-refractivity contribution in [2.75, 3.05) is 6.61 Å². The van der Waals surface area contributed by atoms with Gasteiger partial charge in [-0.2, -0.15) is 0 Å². The maximum absolute atomic E-state index is 10.8.